The molecule has 226 valence electrons. The lowest BCUT2D eigenvalue weighted by molar-refractivity contribution is -0.139. The number of aromatic amines is 1. The summed E-state index contributed by atoms with van der Waals surface area (Å²) in [7, 11) is 1.58. The van der Waals surface area contributed by atoms with E-state index in [0.717, 1.165) is 33.5 Å². The Labute approximate surface area is 255 Å². The van der Waals surface area contributed by atoms with Crippen molar-refractivity contribution >= 4 is 30.0 Å². The summed E-state index contributed by atoms with van der Waals surface area (Å²) in [5, 5.41) is 11.7. The highest BCUT2D eigenvalue weighted by Gasteiger charge is 2.16. The van der Waals surface area contributed by atoms with E-state index in [2.05, 4.69) is 10.3 Å². The Morgan fingerprint density at radius 1 is 0.864 bits per heavy atom. The van der Waals surface area contributed by atoms with Crippen molar-refractivity contribution in [1.29, 1.82) is 0 Å². The number of aliphatic carboxylic acids is 1. The molecule has 10 nitrogen and oxygen atoms in total. The standard InChI is InChI=1S/C34H33N3O7/c1-3-43-31(41)19-9-24-6-12-27(13-7-24)34-36-32(33(37-34)26-14-16-28(17-15-26)44-22-30(39)40)25-10-4-23(5-11-25)8-18-29(38)35-20-21-42-2/h4-19H,3,20-22H2,1-2H3,(H,35,38)(H,36,37)(H,39,40)/b18-8+,19-9+. The van der Waals surface area contributed by atoms with Crippen molar-refractivity contribution in [3.63, 3.8) is 0 Å². The molecular weight excluding hydrogens is 562 g/mol. The summed E-state index contributed by atoms with van der Waals surface area (Å²) in [5.74, 6) is -0.588. The number of carbonyl (C=O) groups excluding carboxylic acids is 2. The summed E-state index contributed by atoms with van der Waals surface area (Å²) in [4.78, 5) is 42.9. The molecular formula is C34H33N3O7. The van der Waals surface area contributed by atoms with Gasteiger partial charge in [0.1, 0.15) is 11.6 Å². The molecule has 1 amide bonds. The van der Waals surface area contributed by atoms with E-state index in [4.69, 9.17) is 24.3 Å². The molecule has 0 aliphatic rings. The van der Waals surface area contributed by atoms with E-state index in [0.29, 0.717) is 37.0 Å². The van der Waals surface area contributed by atoms with Crippen molar-refractivity contribution in [2.75, 3.05) is 33.5 Å². The predicted octanol–water partition coefficient (Wildman–Crippen LogP) is 5.23. The van der Waals surface area contributed by atoms with E-state index in [-0.39, 0.29) is 5.91 Å². The van der Waals surface area contributed by atoms with Gasteiger partial charge in [0.15, 0.2) is 6.61 Å². The minimum absolute atomic E-state index is 0.204. The Bertz CT molecular complexity index is 1620. The molecule has 0 aliphatic heterocycles. The topological polar surface area (TPSA) is 140 Å². The van der Waals surface area contributed by atoms with Gasteiger partial charge in [-0.05, 0) is 54.5 Å². The van der Waals surface area contributed by atoms with Gasteiger partial charge >= 0.3 is 11.9 Å². The number of carbonyl (C=O) groups is 3. The fourth-order valence-electron chi connectivity index (χ4n) is 4.16. The van der Waals surface area contributed by atoms with Gasteiger partial charge < -0.3 is 29.6 Å². The third-order valence-electron chi connectivity index (χ3n) is 6.31. The van der Waals surface area contributed by atoms with Crippen LogP contribution < -0.4 is 10.1 Å². The van der Waals surface area contributed by atoms with Crippen LogP contribution in [0.3, 0.4) is 0 Å². The molecule has 0 fully saturated rings. The predicted molar refractivity (Wildman–Crippen MR) is 168 cm³/mol. The summed E-state index contributed by atoms with van der Waals surface area (Å²) in [6.07, 6.45) is 6.29. The van der Waals surface area contributed by atoms with Crippen molar-refractivity contribution in [2.24, 2.45) is 0 Å². The lowest BCUT2D eigenvalue weighted by atomic mass is 10.0. The zero-order valence-electron chi connectivity index (χ0n) is 24.4. The molecule has 3 aromatic carbocycles. The van der Waals surface area contributed by atoms with Gasteiger partial charge in [0.05, 0.1) is 24.6 Å². The van der Waals surface area contributed by atoms with Crippen LogP contribution >= 0.6 is 0 Å². The number of amides is 1. The Balaban J connectivity index is 1.62. The van der Waals surface area contributed by atoms with E-state index in [1.54, 1.807) is 38.3 Å². The van der Waals surface area contributed by atoms with Crippen LogP contribution in [0.5, 0.6) is 5.75 Å². The monoisotopic (exact) mass is 595 g/mol. The Morgan fingerprint density at radius 2 is 1.48 bits per heavy atom. The van der Waals surface area contributed by atoms with Gasteiger partial charge in [0.2, 0.25) is 5.91 Å². The van der Waals surface area contributed by atoms with Crippen molar-refractivity contribution in [3.05, 3.63) is 96.1 Å². The maximum Gasteiger partial charge on any atom is 0.341 e. The fraction of sp³-hybridized carbons (Fsp3) is 0.176. The number of ether oxygens (including phenoxy) is 3. The number of rotatable bonds is 14. The van der Waals surface area contributed by atoms with Gasteiger partial charge in [-0.15, -0.1) is 0 Å². The number of nitrogens with one attached hydrogen (secondary N) is 2. The molecule has 3 N–H and O–H groups in total. The molecule has 0 spiro atoms. The molecule has 0 bridgehead atoms. The van der Waals surface area contributed by atoms with Crippen LogP contribution in [0, 0.1) is 0 Å². The van der Waals surface area contributed by atoms with Crippen LogP contribution in [0.1, 0.15) is 18.1 Å². The number of imidazole rings is 1. The minimum atomic E-state index is -1.05. The Kier molecular flexibility index (Phi) is 11.2. The van der Waals surface area contributed by atoms with E-state index >= 15 is 0 Å². The largest absolute Gasteiger partial charge is 0.482 e. The zero-order valence-corrected chi connectivity index (χ0v) is 24.4. The quantitative estimate of drug-likeness (QED) is 0.102. The zero-order chi connectivity index (χ0) is 31.3. The summed E-state index contributed by atoms with van der Waals surface area (Å²) >= 11 is 0. The van der Waals surface area contributed by atoms with Gasteiger partial charge in [0.25, 0.3) is 0 Å². The molecule has 0 aliphatic carbocycles. The number of carboxylic acid groups (broad SMARTS) is 1. The normalized spacial score (nSPS) is 11.1. The van der Waals surface area contributed by atoms with Gasteiger partial charge in [-0.25, -0.2) is 14.6 Å². The first-order valence-corrected chi connectivity index (χ1v) is 13.9. The van der Waals surface area contributed by atoms with Crippen LogP contribution in [0.25, 0.3) is 46.1 Å². The van der Waals surface area contributed by atoms with E-state index in [1.165, 1.54) is 12.2 Å². The van der Waals surface area contributed by atoms with Crippen LogP contribution in [0.15, 0.2) is 84.9 Å². The van der Waals surface area contributed by atoms with Gasteiger partial charge in [-0.2, -0.15) is 0 Å². The van der Waals surface area contributed by atoms with Crippen molar-refractivity contribution < 1.29 is 33.7 Å². The van der Waals surface area contributed by atoms with Crippen LogP contribution in [-0.2, 0) is 23.9 Å². The van der Waals surface area contributed by atoms with E-state index in [1.807, 2.05) is 60.7 Å². The van der Waals surface area contributed by atoms with Crippen molar-refractivity contribution in [1.82, 2.24) is 15.3 Å². The summed E-state index contributed by atoms with van der Waals surface area (Å²) < 4.78 is 15.2. The average Bonchev–Trinajstić information content (AvgIpc) is 3.48. The molecule has 4 rings (SSSR count). The first kappa shape index (κ1) is 31.5. The number of carboxylic acids is 1. The molecule has 44 heavy (non-hydrogen) atoms. The van der Waals surface area contributed by atoms with Gasteiger partial charge in [-0.3, -0.25) is 4.79 Å². The Hall–Kier alpha value is -5.48. The highest BCUT2D eigenvalue weighted by Crippen LogP contribution is 2.34. The smallest absolute Gasteiger partial charge is 0.341 e. The van der Waals surface area contributed by atoms with E-state index < -0.39 is 18.5 Å². The number of benzene rings is 3. The lowest BCUT2D eigenvalue weighted by Gasteiger charge is -2.06. The third kappa shape index (κ3) is 9.01. The van der Waals surface area contributed by atoms with Crippen LogP contribution in [0.2, 0.25) is 0 Å². The average molecular weight is 596 g/mol. The maximum atomic E-state index is 12.0. The molecule has 0 radical (unpaired) electrons. The van der Waals surface area contributed by atoms with Crippen LogP contribution in [0.4, 0.5) is 0 Å². The second-order valence-corrected chi connectivity index (χ2v) is 9.46. The maximum absolute atomic E-state index is 12.0. The number of H-pyrrole nitrogens is 1. The van der Waals surface area contributed by atoms with E-state index in [9.17, 15) is 14.4 Å². The molecule has 10 heteroatoms. The van der Waals surface area contributed by atoms with Gasteiger partial charge in [-0.1, -0.05) is 48.5 Å². The highest BCUT2D eigenvalue weighted by atomic mass is 16.5. The molecule has 0 unspecified atom stereocenters. The number of aromatic nitrogens is 2. The molecule has 0 saturated heterocycles. The fourth-order valence-corrected chi connectivity index (χ4v) is 4.16. The van der Waals surface area contributed by atoms with Crippen LogP contribution in [-0.4, -0.2) is 66.4 Å². The van der Waals surface area contributed by atoms with Crippen molar-refractivity contribution in [3.8, 4) is 39.7 Å². The lowest BCUT2D eigenvalue weighted by Crippen LogP contribution is -2.24. The summed E-state index contributed by atoms with van der Waals surface area (Å²) in [6.45, 7) is 2.51. The molecule has 1 aromatic heterocycles. The van der Waals surface area contributed by atoms with Gasteiger partial charge in [0, 0.05) is 42.5 Å². The first-order chi connectivity index (χ1) is 21.4. The molecule has 1 heterocycles. The summed E-state index contributed by atoms with van der Waals surface area (Å²) in [5.41, 5.74) is 5.67. The number of esters is 1. The SMILES string of the molecule is CCOC(=O)/C=C/c1ccc(-c2nc(-c3ccc(OCC(=O)O)cc3)c(-c3ccc(/C=C/C(=O)NCCOC)cc3)[nH]2)cc1. The second kappa shape index (κ2) is 15.7. The highest BCUT2D eigenvalue weighted by molar-refractivity contribution is 5.92. The summed E-state index contributed by atoms with van der Waals surface area (Å²) in [6, 6.07) is 22.3. The molecule has 0 saturated carbocycles. The second-order valence-electron chi connectivity index (χ2n) is 9.46. The number of hydrogen-bond donors (Lipinski definition) is 3. The minimum Gasteiger partial charge on any atom is -0.482 e. The Morgan fingerprint density at radius 3 is 2.09 bits per heavy atom. The first-order valence-electron chi connectivity index (χ1n) is 13.9. The number of hydrogen-bond acceptors (Lipinski definition) is 7. The molecule has 0 atom stereocenters. The molecule has 4 aromatic rings. The van der Waals surface area contributed by atoms with Crippen molar-refractivity contribution in [2.45, 2.75) is 6.92 Å². The number of nitrogens with zero attached hydrogens (tertiary/aromatic N) is 1. The third-order valence-corrected chi connectivity index (χ3v) is 6.31. The number of methoxy groups -OCH3 is 1.